The fourth-order valence-corrected chi connectivity index (χ4v) is 9.13. The maximum absolute atomic E-state index is 5.42. The van der Waals surface area contributed by atoms with Crippen LogP contribution < -0.4 is 28.7 Å². The first kappa shape index (κ1) is 76.5. The molecule has 10 aromatic rings. The molecule has 0 aliphatic rings. The lowest BCUT2D eigenvalue weighted by molar-refractivity contribution is 0.371. The van der Waals surface area contributed by atoms with Crippen LogP contribution in [0.2, 0.25) is 0 Å². The summed E-state index contributed by atoms with van der Waals surface area (Å²) in [6.07, 6.45) is 16.4. The van der Waals surface area contributed by atoms with Crippen LogP contribution in [0.3, 0.4) is 0 Å². The largest absolute Gasteiger partial charge is 0.383 e. The Kier molecular flexibility index (Phi) is 38.1. The minimum Gasteiger partial charge on any atom is -0.383 e. The Morgan fingerprint density at radius 1 is 0.459 bits per heavy atom. The lowest BCUT2D eigenvalue weighted by Gasteiger charge is -2.02. The highest BCUT2D eigenvalue weighted by atomic mass is 32.1. The van der Waals surface area contributed by atoms with Gasteiger partial charge in [0.15, 0.2) is 10.9 Å². The Bertz CT molecular complexity index is 2580. The molecule has 0 aromatic carbocycles. The number of hydrogen-bond acceptors (Lipinski definition) is 25. The second-order valence-corrected chi connectivity index (χ2v) is 27.2. The van der Waals surface area contributed by atoms with Gasteiger partial charge in [0.1, 0.15) is 38.7 Å². The summed E-state index contributed by atoms with van der Waals surface area (Å²) in [4.78, 5) is 20.9. The predicted molar refractivity (Wildman–Crippen MR) is 361 cm³/mol. The summed E-state index contributed by atoms with van der Waals surface area (Å²) >= 11 is 9.41. The van der Waals surface area contributed by atoms with Gasteiger partial charge in [0, 0.05) is 105 Å². The van der Waals surface area contributed by atoms with Crippen molar-refractivity contribution in [3.63, 3.8) is 0 Å². The minimum atomic E-state index is 0.370. The number of imidazole rings is 2. The Balaban J connectivity index is 0.000000472. The quantitative estimate of drug-likeness (QED) is 0.0849. The molecular formula is C58H95N19O2S6. The van der Waals surface area contributed by atoms with Crippen LogP contribution in [0, 0.1) is 0 Å². The van der Waals surface area contributed by atoms with Crippen LogP contribution in [-0.4, -0.2) is 68.5 Å². The summed E-state index contributed by atoms with van der Waals surface area (Å²) < 4.78 is 21.7. The van der Waals surface area contributed by atoms with Crippen molar-refractivity contribution in [2.75, 3.05) is 28.7 Å². The number of anilines is 5. The van der Waals surface area contributed by atoms with E-state index in [0.717, 1.165) is 21.5 Å². The van der Waals surface area contributed by atoms with Crippen LogP contribution in [0.5, 0.6) is 0 Å². The van der Waals surface area contributed by atoms with Crippen LogP contribution in [0.25, 0.3) is 0 Å². The maximum atomic E-state index is 5.42. The topological polar surface area (TPSA) is 321 Å². The molecule has 27 heteroatoms. The molecule has 0 aliphatic heterocycles. The molecule has 10 N–H and O–H groups in total. The van der Waals surface area contributed by atoms with Crippen molar-refractivity contribution >= 4 is 96.1 Å². The van der Waals surface area contributed by atoms with Crippen LogP contribution in [0.4, 0.5) is 27.7 Å². The molecule has 0 amide bonds. The molecule has 0 spiro atoms. The third-order valence-corrected chi connectivity index (χ3v) is 17.0. The van der Waals surface area contributed by atoms with Gasteiger partial charge >= 0.3 is 0 Å². The van der Waals surface area contributed by atoms with Crippen LogP contribution >= 0.6 is 68.4 Å². The summed E-state index contributed by atoms with van der Waals surface area (Å²) in [6, 6.07) is 8.60. The smallest absolute Gasteiger partial charge is 0.203 e. The van der Waals surface area contributed by atoms with Crippen LogP contribution in [0.15, 0.2) is 100 Å². The van der Waals surface area contributed by atoms with E-state index < -0.39 is 0 Å². The molecule has 0 saturated heterocycles. The van der Waals surface area contributed by atoms with E-state index in [1.807, 2.05) is 73.4 Å². The van der Waals surface area contributed by atoms with Crippen molar-refractivity contribution in [3.05, 3.63) is 132 Å². The van der Waals surface area contributed by atoms with E-state index in [-0.39, 0.29) is 0 Å². The highest BCUT2D eigenvalue weighted by Crippen LogP contribution is 2.24. The van der Waals surface area contributed by atoms with Crippen molar-refractivity contribution in [1.29, 1.82) is 0 Å². The van der Waals surface area contributed by atoms with Crippen molar-refractivity contribution in [1.82, 2.24) is 68.5 Å². The van der Waals surface area contributed by atoms with Gasteiger partial charge in [0.05, 0.1) is 24.4 Å². The van der Waals surface area contributed by atoms with Gasteiger partial charge in [-0.2, -0.15) is 4.37 Å². The van der Waals surface area contributed by atoms with Gasteiger partial charge in [0.2, 0.25) is 5.13 Å². The third kappa shape index (κ3) is 34.3. The Morgan fingerprint density at radius 3 is 1.33 bits per heavy atom. The van der Waals surface area contributed by atoms with Crippen LogP contribution in [-0.2, 0) is 0 Å². The van der Waals surface area contributed by atoms with Gasteiger partial charge in [-0.05, 0) is 86.6 Å². The van der Waals surface area contributed by atoms with Crippen LogP contribution in [0.1, 0.15) is 239 Å². The summed E-state index contributed by atoms with van der Waals surface area (Å²) in [5, 5.41) is 25.6. The van der Waals surface area contributed by atoms with E-state index in [4.69, 9.17) is 37.7 Å². The monoisotopic (exact) mass is 1280 g/mol. The molecule has 0 atom stereocenters. The fourth-order valence-electron chi connectivity index (χ4n) is 5.40. The van der Waals surface area contributed by atoms with Gasteiger partial charge in [-0.1, -0.05) is 132 Å². The van der Waals surface area contributed by atoms with E-state index in [0.29, 0.717) is 87.1 Å². The first-order chi connectivity index (χ1) is 40.0. The number of nitrogen functional groups attached to an aromatic ring is 5. The highest BCUT2D eigenvalue weighted by Gasteiger charge is 2.07. The molecule has 10 rings (SSSR count). The molecule has 10 aromatic heterocycles. The minimum absolute atomic E-state index is 0.370. The number of hydrogen-bond donors (Lipinski definition) is 5. The zero-order valence-electron chi connectivity index (χ0n) is 53.3. The Labute approximate surface area is 529 Å². The summed E-state index contributed by atoms with van der Waals surface area (Å²) in [6.45, 7) is 42.2. The lowest BCUT2D eigenvalue weighted by atomic mass is 10.2. The van der Waals surface area contributed by atoms with Gasteiger partial charge < -0.3 is 46.8 Å². The van der Waals surface area contributed by atoms with Gasteiger partial charge in [-0.15, -0.1) is 54.4 Å². The van der Waals surface area contributed by atoms with E-state index in [1.54, 1.807) is 75.8 Å². The molecule has 0 fully saturated rings. The Morgan fingerprint density at radius 2 is 1.09 bits per heavy atom. The zero-order chi connectivity index (χ0) is 64.2. The zero-order valence-corrected chi connectivity index (χ0v) is 58.2. The highest BCUT2D eigenvalue weighted by molar-refractivity contribution is 7.15. The molecule has 0 bridgehead atoms. The van der Waals surface area contributed by atoms with Crippen molar-refractivity contribution in [2.45, 2.75) is 198 Å². The van der Waals surface area contributed by atoms with Crippen molar-refractivity contribution in [2.24, 2.45) is 0 Å². The third-order valence-electron chi connectivity index (χ3n) is 10.6. The SMILES string of the molecule is CC(C)c1cc(N)no1.CC(C)c1cc(N)ns1.CC(C)c1ccno1.CC(C)c1ccns1.CC(C)c1cnc(N)s1.CC(C)c1cncs1.CC(C)c1nnc(N)s1.CC(C)c1nncs1.CC(C)n1ccnc1.CC(C)n1cnc(N)c1. The van der Waals surface area contributed by atoms with E-state index >= 15 is 0 Å². The normalized spacial score (nSPS) is 10.5. The van der Waals surface area contributed by atoms with Gasteiger partial charge in [-0.25, -0.2) is 19.3 Å². The summed E-state index contributed by atoms with van der Waals surface area (Å²) in [5.74, 6) is 7.67. The molecule has 21 nitrogen and oxygen atoms in total. The van der Waals surface area contributed by atoms with Gasteiger partial charge in [-0.3, -0.25) is 4.98 Å². The van der Waals surface area contributed by atoms with Crippen molar-refractivity contribution in [3.8, 4) is 0 Å². The predicted octanol–water partition coefficient (Wildman–Crippen LogP) is 16.8. The maximum Gasteiger partial charge on any atom is 0.203 e. The number of thiazole rings is 2. The standard InChI is InChI=1S/C6H11N3.C6H10N2O.2C6H10N2S.C6H10N2.C6H9NO.2C6H9NS.C5H9N3S.C5H8N2S/c1-5(2)9-3-6(7)8-4-9;1-4(2)5-3-6(7)8-9-5;1-4(2)5-3-8-6(7)9-5;1-4(2)5-3-6(7)8-9-5;1-6(2)8-4-3-7-5-8;1-5(2)6-3-4-7-8-6;1-5(2)6-3-7-4-8-6;1-5(2)6-3-4-7-8-6;1-3(2)4-7-8-5(6)9-4;1-4(2)5-7-6-3-8-5/h3-5H,7H2,1-2H3;3*3-4H,1-2H3,(H2,7,8);3-6H,1-2H3;3*3-5H,1-2H3;3H,1-2H3,(H2,6,8);3-4H,1-2H3. The van der Waals surface area contributed by atoms with Crippen molar-refractivity contribution < 1.29 is 9.05 Å². The summed E-state index contributed by atoms with van der Waals surface area (Å²) in [7, 11) is 0. The number of nitrogens with zero attached hydrogens (tertiary/aromatic N) is 14. The second-order valence-electron chi connectivity index (χ2n) is 21.6. The molecule has 0 radical (unpaired) electrons. The van der Waals surface area contributed by atoms with E-state index in [9.17, 15) is 0 Å². The number of rotatable bonds is 10. The van der Waals surface area contributed by atoms with E-state index in [2.05, 4.69) is 195 Å². The molecule has 10 heterocycles. The molecule has 85 heavy (non-hydrogen) atoms. The van der Waals surface area contributed by atoms with Gasteiger partial charge in [0.25, 0.3) is 0 Å². The second kappa shape index (κ2) is 42.3. The number of nitrogens with two attached hydrogens (primary N) is 5. The molecule has 0 aliphatic carbocycles. The average Bonchev–Trinajstić information content (AvgIpc) is 4.32. The molecule has 470 valence electrons. The molecule has 0 saturated carbocycles. The lowest BCUT2D eigenvalue weighted by Crippen LogP contribution is -1.95. The number of aromatic nitrogens is 14. The first-order valence-corrected chi connectivity index (χ1v) is 32.9. The fraction of sp³-hybridized carbons (Fsp3) is 0.517. The molecule has 0 unspecified atom stereocenters. The van der Waals surface area contributed by atoms with E-state index in [1.165, 1.54) is 42.4 Å². The first-order valence-electron chi connectivity index (χ1n) is 28.0. The molecular weight excluding hydrogens is 1190 g/mol. The Hall–Kier alpha value is -6.52. The average molecular weight is 1280 g/mol. The summed E-state index contributed by atoms with van der Waals surface area (Å²) in [5.41, 5.74) is 30.5.